The van der Waals surface area contributed by atoms with Gasteiger partial charge in [0.2, 0.25) is 0 Å². The first-order chi connectivity index (χ1) is 32.9. The Balaban J connectivity index is 1.11. The Bertz CT molecular complexity index is 3880. The van der Waals surface area contributed by atoms with Gasteiger partial charge in [-0.15, -0.1) is 0 Å². The highest BCUT2D eigenvalue weighted by molar-refractivity contribution is 6.11. The van der Waals surface area contributed by atoms with E-state index in [1.807, 2.05) is 66.7 Å². The normalized spacial score (nSPS) is 11.9. The average molecular weight is 878 g/mol. The van der Waals surface area contributed by atoms with Crippen LogP contribution in [0.3, 0.4) is 0 Å². The zero-order chi connectivity index (χ0) is 46.9. The minimum atomic E-state index is -0.00946. The van der Waals surface area contributed by atoms with Crippen LogP contribution in [0.2, 0.25) is 0 Å². The highest BCUT2D eigenvalue weighted by Crippen LogP contribution is 2.41. The van der Waals surface area contributed by atoms with Crippen molar-refractivity contribution in [3.05, 3.63) is 204 Å². The fraction of sp³-hybridized carbons (Fsp3) is 0.131. The predicted molar refractivity (Wildman–Crippen MR) is 279 cm³/mol. The number of nitriles is 1. The summed E-state index contributed by atoms with van der Waals surface area (Å²) in [6, 6.07) is 62.8. The maximum atomic E-state index is 9.79. The fourth-order valence-electron chi connectivity index (χ4n) is 9.54. The first-order valence-electron chi connectivity index (χ1n) is 22.9. The Morgan fingerprint density at radius 3 is 1.47 bits per heavy atom. The van der Waals surface area contributed by atoms with E-state index in [1.165, 1.54) is 27.3 Å². The van der Waals surface area contributed by atoms with Crippen molar-refractivity contribution in [1.82, 2.24) is 24.1 Å². The van der Waals surface area contributed by atoms with E-state index in [-0.39, 0.29) is 10.8 Å². The summed E-state index contributed by atoms with van der Waals surface area (Å²) in [5.41, 5.74) is 13.8. The lowest BCUT2D eigenvalue weighted by molar-refractivity contribution is 0.591. The highest BCUT2D eigenvalue weighted by atomic mass is 15.0. The second kappa shape index (κ2) is 16.0. The Labute approximate surface area is 396 Å². The molecule has 0 fully saturated rings. The average Bonchev–Trinajstić information content (AvgIpc) is 3.88. The van der Waals surface area contributed by atoms with Crippen LogP contribution in [0.15, 0.2) is 176 Å². The molecule has 0 N–H and O–H groups in total. The lowest BCUT2D eigenvalue weighted by Crippen LogP contribution is -2.10. The molecule has 326 valence electrons. The predicted octanol–water partition coefficient (Wildman–Crippen LogP) is 15.8. The largest absolute Gasteiger partial charge is 0.311 e. The van der Waals surface area contributed by atoms with E-state index in [0.717, 1.165) is 61.1 Å². The van der Waals surface area contributed by atoms with Gasteiger partial charge in [0.1, 0.15) is 0 Å². The Kier molecular flexibility index (Phi) is 9.92. The van der Waals surface area contributed by atoms with Gasteiger partial charge in [0.15, 0.2) is 23.2 Å². The molecule has 7 nitrogen and oxygen atoms in total. The summed E-state index contributed by atoms with van der Waals surface area (Å²) in [5.74, 6) is 1.36. The van der Waals surface area contributed by atoms with Crippen LogP contribution in [-0.2, 0) is 10.8 Å². The number of para-hydroxylation sites is 2. The van der Waals surface area contributed by atoms with Crippen LogP contribution in [0.4, 0.5) is 5.69 Å². The maximum absolute atomic E-state index is 9.79. The molecule has 0 aliphatic rings. The van der Waals surface area contributed by atoms with E-state index in [1.54, 1.807) is 0 Å². The van der Waals surface area contributed by atoms with E-state index in [2.05, 4.69) is 171 Å². The third-order valence-corrected chi connectivity index (χ3v) is 13.2. The molecule has 11 aromatic rings. The zero-order valence-electron chi connectivity index (χ0n) is 38.9. The number of nitrogens with zero attached hydrogens (tertiary/aromatic N) is 7. The number of aromatic nitrogens is 5. The first-order valence-corrected chi connectivity index (χ1v) is 22.9. The second-order valence-corrected chi connectivity index (χ2v) is 19.6. The first kappa shape index (κ1) is 42.0. The van der Waals surface area contributed by atoms with Crippen molar-refractivity contribution in [3.8, 4) is 62.7 Å². The monoisotopic (exact) mass is 877 g/mol. The molecule has 0 saturated carbocycles. The van der Waals surface area contributed by atoms with Crippen LogP contribution < -0.4 is 0 Å². The van der Waals surface area contributed by atoms with Gasteiger partial charge in [0.05, 0.1) is 40.3 Å². The van der Waals surface area contributed by atoms with Gasteiger partial charge >= 0.3 is 0 Å². The van der Waals surface area contributed by atoms with Gasteiger partial charge in [-0.2, -0.15) is 5.26 Å². The summed E-state index contributed by atoms with van der Waals surface area (Å²) in [4.78, 5) is 19.7. The summed E-state index contributed by atoms with van der Waals surface area (Å²) in [6.45, 7) is 22.0. The van der Waals surface area contributed by atoms with E-state index in [0.29, 0.717) is 34.3 Å². The second-order valence-electron chi connectivity index (χ2n) is 19.6. The van der Waals surface area contributed by atoms with Crippen molar-refractivity contribution in [2.75, 3.05) is 0 Å². The van der Waals surface area contributed by atoms with E-state index in [4.69, 9.17) is 21.5 Å². The molecule has 0 aliphatic carbocycles. The fourth-order valence-corrected chi connectivity index (χ4v) is 9.54. The highest BCUT2D eigenvalue weighted by Gasteiger charge is 2.23. The molecule has 68 heavy (non-hydrogen) atoms. The van der Waals surface area contributed by atoms with Gasteiger partial charge < -0.3 is 9.13 Å². The third-order valence-electron chi connectivity index (χ3n) is 13.2. The molecule has 0 unspecified atom stereocenters. The Hall–Kier alpha value is -8.65. The van der Waals surface area contributed by atoms with Crippen LogP contribution in [0.5, 0.6) is 0 Å². The van der Waals surface area contributed by atoms with Crippen molar-refractivity contribution < 1.29 is 0 Å². The molecule has 3 aromatic heterocycles. The quantitative estimate of drug-likeness (QED) is 0.156. The van der Waals surface area contributed by atoms with Gasteiger partial charge in [-0.1, -0.05) is 139 Å². The Morgan fingerprint density at radius 1 is 0.441 bits per heavy atom. The smallest absolute Gasteiger partial charge is 0.200 e. The molecule has 0 atom stereocenters. The van der Waals surface area contributed by atoms with Gasteiger partial charge in [-0.05, 0) is 112 Å². The molecule has 3 heterocycles. The molecular weight excluding hydrogens is 831 g/mol. The van der Waals surface area contributed by atoms with Crippen LogP contribution in [0.1, 0.15) is 58.2 Å². The van der Waals surface area contributed by atoms with Crippen molar-refractivity contribution >= 4 is 49.3 Å². The SMILES string of the molecule is [C-]#[N+]c1cc(-n2c3ccccc3c3cc(C(C)(C)C)ccc32)ccc1-c1nc(-c2ccccc2)nc(-c2ccc(-n3c4ccccc4c4cc(C(C)(C)C)ccc43)cc2-c2ccc(C#N)cc2)n1. The molecule has 11 rings (SSSR count). The van der Waals surface area contributed by atoms with Crippen molar-refractivity contribution in [2.45, 2.75) is 52.4 Å². The molecule has 7 heteroatoms. The van der Waals surface area contributed by atoms with Crippen LogP contribution in [0, 0.1) is 17.9 Å². The van der Waals surface area contributed by atoms with E-state index in [9.17, 15) is 5.26 Å². The molecule has 0 saturated heterocycles. The van der Waals surface area contributed by atoms with Crippen LogP contribution in [0.25, 0.3) is 105 Å². The number of fused-ring (bicyclic) bond motifs is 6. The third kappa shape index (κ3) is 7.17. The zero-order valence-corrected chi connectivity index (χ0v) is 38.9. The summed E-state index contributed by atoms with van der Waals surface area (Å²) in [7, 11) is 0. The molecule has 0 radical (unpaired) electrons. The summed E-state index contributed by atoms with van der Waals surface area (Å²) < 4.78 is 4.57. The van der Waals surface area contributed by atoms with Gasteiger partial charge in [0, 0.05) is 49.6 Å². The number of hydrogen-bond donors (Lipinski definition) is 0. The van der Waals surface area contributed by atoms with Crippen LogP contribution >= 0.6 is 0 Å². The van der Waals surface area contributed by atoms with Gasteiger partial charge in [-0.25, -0.2) is 19.8 Å². The van der Waals surface area contributed by atoms with Crippen LogP contribution in [-0.4, -0.2) is 24.1 Å². The van der Waals surface area contributed by atoms with E-state index >= 15 is 0 Å². The van der Waals surface area contributed by atoms with Gasteiger partial charge in [-0.3, -0.25) is 0 Å². The Morgan fingerprint density at radius 2 is 0.926 bits per heavy atom. The standard InChI is InChI=1S/C61H47N7/c1-60(2,3)41-25-31-55-50(33-41)45-17-11-13-19-53(45)67(55)43-27-29-47(49(35-43)39-23-21-38(37-62)22-24-39)58-64-57(40-15-9-8-10-16-40)65-59(66-58)48-30-28-44(36-52(48)63-7)68-54-20-14-12-18-46(54)51-34-42(61(4,5)6)26-32-56(51)68/h8-36H,1-6H3. The topological polar surface area (TPSA) is 76.7 Å². The summed E-state index contributed by atoms with van der Waals surface area (Å²) in [5, 5.41) is 14.5. The molecule has 8 aromatic carbocycles. The summed E-state index contributed by atoms with van der Waals surface area (Å²) in [6.07, 6.45) is 0. The maximum Gasteiger partial charge on any atom is 0.200 e. The van der Waals surface area contributed by atoms with Crippen molar-refractivity contribution in [1.29, 1.82) is 5.26 Å². The number of rotatable bonds is 6. The lowest BCUT2D eigenvalue weighted by atomic mass is 9.86. The van der Waals surface area contributed by atoms with Crippen molar-refractivity contribution in [2.24, 2.45) is 0 Å². The number of benzene rings is 8. The minimum absolute atomic E-state index is 0.00770. The molecular formula is C61H47N7. The minimum Gasteiger partial charge on any atom is -0.311 e. The summed E-state index contributed by atoms with van der Waals surface area (Å²) >= 11 is 0. The van der Waals surface area contributed by atoms with Gasteiger partial charge in [0.25, 0.3) is 0 Å². The van der Waals surface area contributed by atoms with Crippen molar-refractivity contribution in [3.63, 3.8) is 0 Å². The number of hydrogen-bond acceptors (Lipinski definition) is 4. The molecule has 0 spiro atoms. The molecule has 0 aliphatic heterocycles. The molecule has 0 amide bonds. The van der Waals surface area contributed by atoms with E-state index < -0.39 is 0 Å². The lowest BCUT2D eigenvalue weighted by Gasteiger charge is -2.19. The molecule has 0 bridgehead atoms.